The van der Waals surface area contributed by atoms with E-state index in [0.717, 1.165) is 19.3 Å². The molecule has 2 aromatic carbocycles. The highest BCUT2D eigenvalue weighted by Crippen LogP contribution is 2.60. The van der Waals surface area contributed by atoms with E-state index in [0.29, 0.717) is 34.7 Å². The van der Waals surface area contributed by atoms with Crippen molar-refractivity contribution in [3.63, 3.8) is 0 Å². The van der Waals surface area contributed by atoms with Gasteiger partial charge in [-0.1, -0.05) is 6.07 Å². The van der Waals surface area contributed by atoms with E-state index in [1.165, 1.54) is 43.5 Å². The Morgan fingerprint density at radius 3 is 2.07 bits per heavy atom. The van der Waals surface area contributed by atoms with Gasteiger partial charge in [0.1, 0.15) is 5.82 Å². The minimum atomic E-state index is -0.350. The molecule has 4 nitrogen and oxygen atoms in total. The van der Waals surface area contributed by atoms with Gasteiger partial charge in [-0.25, -0.2) is 4.39 Å². The Bertz CT molecular complexity index is 918. The minimum Gasteiger partial charge on any atom is -0.326 e. The molecule has 0 spiro atoms. The number of hydrogen-bond donors (Lipinski definition) is 2. The summed E-state index contributed by atoms with van der Waals surface area (Å²) in [4.78, 5) is 25.8. The Morgan fingerprint density at radius 2 is 1.45 bits per heavy atom. The van der Waals surface area contributed by atoms with E-state index in [9.17, 15) is 14.0 Å². The lowest BCUT2D eigenvalue weighted by atomic mass is 9.49. The van der Waals surface area contributed by atoms with Crippen LogP contribution in [-0.2, 0) is 4.79 Å². The molecule has 4 fully saturated rings. The van der Waals surface area contributed by atoms with Crippen LogP contribution in [0.3, 0.4) is 0 Å². The van der Waals surface area contributed by atoms with Crippen LogP contribution in [0.2, 0.25) is 0 Å². The molecule has 0 unspecified atom stereocenters. The first-order chi connectivity index (χ1) is 14.0. The van der Waals surface area contributed by atoms with Gasteiger partial charge in [0.05, 0.1) is 5.41 Å². The molecule has 6 rings (SSSR count). The van der Waals surface area contributed by atoms with Gasteiger partial charge >= 0.3 is 0 Å². The Labute approximate surface area is 169 Å². The summed E-state index contributed by atoms with van der Waals surface area (Å²) in [6.07, 6.45) is 6.92. The van der Waals surface area contributed by atoms with Crippen molar-refractivity contribution in [1.82, 2.24) is 0 Å². The van der Waals surface area contributed by atoms with Gasteiger partial charge in [0.25, 0.3) is 5.91 Å². The van der Waals surface area contributed by atoms with Crippen LogP contribution in [0.25, 0.3) is 0 Å². The molecule has 0 saturated heterocycles. The van der Waals surface area contributed by atoms with Crippen molar-refractivity contribution in [3.8, 4) is 0 Å². The standard InChI is InChI=1S/C24H25FN2O2/c25-19-4-6-20(7-5-19)26-22(28)18-2-1-3-21(11-18)27-23(29)24-12-15-8-16(13-24)10-17(9-15)14-24/h1-7,11,15-17H,8-10,12-14H2,(H,26,28)(H,27,29). The number of carbonyl (C=O) groups is 2. The Balaban J connectivity index is 1.29. The number of hydrogen-bond acceptors (Lipinski definition) is 2. The molecule has 0 radical (unpaired) electrons. The maximum absolute atomic E-state index is 13.2. The first kappa shape index (κ1) is 18.3. The number of rotatable bonds is 4. The molecule has 5 heteroatoms. The zero-order chi connectivity index (χ0) is 20.0. The Hall–Kier alpha value is -2.69. The fraction of sp³-hybridized carbons (Fsp3) is 0.417. The summed E-state index contributed by atoms with van der Waals surface area (Å²) >= 11 is 0. The third kappa shape index (κ3) is 3.54. The second kappa shape index (κ2) is 6.97. The highest BCUT2D eigenvalue weighted by atomic mass is 19.1. The van der Waals surface area contributed by atoms with Crippen LogP contribution < -0.4 is 10.6 Å². The molecule has 4 aliphatic carbocycles. The van der Waals surface area contributed by atoms with E-state index in [2.05, 4.69) is 10.6 Å². The zero-order valence-electron chi connectivity index (χ0n) is 16.3. The monoisotopic (exact) mass is 392 g/mol. The molecular formula is C24H25FN2O2. The SMILES string of the molecule is O=C(Nc1ccc(F)cc1)c1cccc(NC(=O)C23CC4CC(CC(C4)C2)C3)c1. The third-order valence-corrected chi connectivity index (χ3v) is 7.00. The van der Waals surface area contributed by atoms with E-state index in [-0.39, 0.29) is 23.0 Å². The fourth-order valence-electron chi connectivity index (χ4n) is 6.13. The lowest BCUT2D eigenvalue weighted by Crippen LogP contribution is -2.51. The van der Waals surface area contributed by atoms with Crippen LogP contribution in [0.15, 0.2) is 48.5 Å². The maximum atomic E-state index is 13.2. The summed E-state index contributed by atoms with van der Waals surface area (Å²) in [5.74, 6) is 1.60. The van der Waals surface area contributed by atoms with Crippen molar-refractivity contribution in [3.05, 3.63) is 59.9 Å². The number of nitrogens with one attached hydrogen (secondary N) is 2. The molecule has 4 bridgehead atoms. The predicted molar refractivity (Wildman–Crippen MR) is 110 cm³/mol. The van der Waals surface area contributed by atoms with Crippen LogP contribution in [0.4, 0.5) is 15.8 Å². The van der Waals surface area contributed by atoms with Crippen molar-refractivity contribution in [2.45, 2.75) is 38.5 Å². The molecular weight excluding hydrogens is 367 g/mol. The lowest BCUT2D eigenvalue weighted by molar-refractivity contribution is -0.140. The number of anilines is 2. The molecule has 2 aromatic rings. The number of benzene rings is 2. The van der Waals surface area contributed by atoms with Gasteiger partial charge in [0, 0.05) is 16.9 Å². The molecule has 0 aromatic heterocycles. The quantitative estimate of drug-likeness (QED) is 0.748. The van der Waals surface area contributed by atoms with Gasteiger partial charge in [0.15, 0.2) is 0 Å². The molecule has 2 amide bonds. The van der Waals surface area contributed by atoms with Crippen molar-refractivity contribution in [2.75, 3.05) is 10.6 Å². The van der Waals surface area contributed by atoms with Gasteiger partial charge in [-0.3, -0.25) is 9.59 Å². The van der Waals surface area contributed by atoms with Crippen molar-refractivity contribution in [2.24, 2.45) is 23.2 Å². The van der Waals surface area contributed by atoms with Gasteiger partial charge in [0.2, 0.25) is 5.91 Å². The van der Waals surface area contributed by atoms with Crippen LogP contribution in [-0.4, -0.2) is 11.8 Å². The fourth-order valence-corrected chi connectivity index (χ4v) is 6.13. The summed E-state index contributed by atoms with van der Waals surface area (Å²) in [5.41, 5.74) is 1.41. The van der Waals surface area contributed by atoms with Crippen molar-refractivity contribution >= 4 is 23.2 Å². The van der Waals surface area contributed by atoms with Crippen LogP contribution in [0.1, 0.15) is 48.9 Å². The number of carbonyl (C=O) groups excluding carboxylic acids is 2. The van der Waals surface area contributed by atoms with Gasteiger partial charge < -0.3 is 10.6 Å². The molecule has 0 heterocycles. The maximum Gasteiger partial charge on any atom is 0.255 e. The van der Waals surface area contributed by atoms with Gasteiger partial charge in [-0.2, -0.15) is 0 Å². The Morgan fingerprint density at radius 1 is 0.828 bits per heavy atom. The van der Waals surface area contributed by atoms with Crippen LogP contribution in [0.5, 0.6) is 0 Å². The normalized spacial score (nSPS) is 29.5. The zero-order valence-corrected chi connectivity index (χ0v) is 16.3. The van der Waals surface area contributed by atoms with Crippen LogP contribution >= 0.6 is 0 Å². The first-order valence-electron chi connectivity index (χ1n) is 10.5. The molecule has 2 N–H and O–H groups in total. The molecule has 29 heavy (non-hydrogen) atoms. The number of halogens is 1. The molecule has 0 aliphatic heterocycles. The lowest BCUT2D eigenvalue weighted by Gasteiger charge is -2.55. The average Bonchev–Trinajstić information content (AvgIpc) is 2.69. The minimum absolute atomic E-state index is 0.118. The number of amides is 2. The summed E-state index contributed by atoms with van der Waals surface area (Å²) in [5, 5.41) is 5.85. The van der Waals surface area contributed by atoms with Crippen LogP contribution in [0, 0.1) is 29.0 Å². The van der Waals surface area contributed by atoms with E-state index in [1.807, 2.05) is 6.07 Å². The summed E-state index contributed by atoms with van der Waals surface area (Å²) < 4.78 is 13.0. The molecule has 4 saturated carbocycles. The van der Waals surface area contributed by atoms with Crippen molar-refractivity contribution < 1.29 is 14.0 Å². The highest BCUT2D eigenvalue weighted by molar-refractivity contribution is 6.05. The molecule has 0 atom stereocenters. The largest absolute Gasteiger partial charge is 0.326 e. The molecule has 4 aliphatic rings. The first-order valence-corrected chi connectivity index (χ1v) is 10.5. The van der Waals surface area contributed by atoms with Crippen molar-refractivity contribution in [1.29, 1.82) is 0 Å². The summed E-state index contributed by atoms with van der Waals surface area (Å²) in [6, 6.07) is 12.7. The highest BCUT2D eigenvalue weighted by Gasteiger charge is 2.54. The van der Waals surface area contributed by atoms with E-state index < -0.39 is 0 Å². The summed E-state index contributed by atoms with van der Waals surface area (Å²) in [7, 11) is 0. The second-order valence-electron chi connectivity index (χ2n) is 9.19. The predicted octanol–water partition coefficient (Wildman–Crippen LogP) is 5.23. The average molecular weight is 392 g/mol. The third-order valence-electron chi connectivity index (χ3n) is 7.00. The smallest absolute Gasteiger partial charge is 0.255 e. The van der Waals surface area contributed by atoms with Gasteiger partial charge in [-0.15, -0.1) is 0 Å². The van der Waals surface area contributed by atoms with E-state index >= 15 is 0 Å². The van der Waals surface area contributed by atoms with E-state index in [1.54, 1.807) is 18.2 Å². The Kier molecular flexibility index (Phi) is 4.41. The molecule has 150 valence electrons. The van der Waals surface area contributed by atoms with Gasteiger partial charge in [-0.05, 0) is 98.7 Å². The summed E-state index contributed by atoms with van der Waals surface area (Å²) in [6.45, 7) is 0. The van der Waals surface area contributed by atoms with E-state index in [4.69, 9.17) is 0 Å². The topological polar surface area (TPSA) is 58.2 Å². The second-order valence-corrected chi connectivity index (χ2v) is 9.19.